The average Bonchev–Trinajstić information content (AvgIpc) is 2.87. The third kappa shape index (κ3) is 4.02. The van der Waals surface area contributed by atoms with Gasteiger partial charge in [0, 0.05) is 21.8 Å². The zero-order valence-electron chi connectivity index (χ0n) is 13.3. The first-order chi connectivity index (χ1) is 11.7. The number of nitrogens with one attached hydrogen (secondary N) is 1. The van der Waals surface area contributed by atoms with Crippen molar-refractivity contribution >= 4 is 39.2 Å². The standard InChI is InChI=1S/C17H15NO5S2/c1-25(22,23)18-14-8-11-4-7-15(19)13(11)9-16(14)24-12-5-2-10(3-6-12)17(20)21/h2-3,5-6,8-9,18H,4,7H2,1H3,(H,20,21). The Kier molecular flexibility index (Phi) is 4.57. The van der Waals surface area contributed by atoms with E-state index in [9.17, 15) is 18.0 Å². The third-order valence-corrected chi connectivity index (χ3v) is 5.41. The fraction of sp³-hybridized carbons (Fsp3) is 0.176. The van der Waals surface area contributed by atoms with Crippen LogP contribution in [0.25, 0.3) is 0 Å². The van der Waals surface area contributed by atoms with Gasteiger partial charge >= 0.3 is 5.97 Å². The molecule has 25 heavy (non-hydrogen) atoms. The normalized spacial score (nSPS) is 13.6. The van der Waals surface area contributed by atoms with E-state index in [1.54, 1.807) is 24.3 Å². The number of carbonyl (C=O) groups excluding carboxylic acids is 1. The number of carboxylic acid groups (broad SMARTS) is 1. The number of anilines is 1. The van der Waals surface area contributed by atoms with Gasteiger partial charge in [-0.3, -0.25) is 9.52 Å². The molecule has 0 aliphatic heterocycles. The number of Topliss-reactive ketones (excluding diaryl/α,β-unsaturated/α-hetero) is 1. The summed E-state index contributed by atoms with van der Waals surface area (Å²) in [6, 6.07) is 9.66. The molecule has 0 radical (unpaired) electrons. The summed E-state index contributed by atoms with van der Waals surface area (Å²) in [5.74, 6) is -0.969. The summed E-state index contributed by atoms with van der Waals surface area (Å²) < 4.78 is 25.8. The highest BCUT2D eigenvalue weighted by molar-refractivity contribution is 7.99. The van der Waals surface area contributed by atoms with Gasteiger partial charge in [0.2, 0.25) is 10.0 Å². The highest BCUT2D eigenvalue weighted by Gasteiger charge is 2.23. The Morgan fingerprint density at radius 3 is 2.44 bits per heavy atom. The fourth-order valence-electron chi connectivity index (χ4n) is 2.63. The minimum atomic E-state index is -3.47. The Balaban J connectivity index is 1.99. The molecule has 2 N–H and O–H groups in total. The van der Waals surface area contributed by atoms with Gasteiger partial charge in [-0.1, -0.05) is 11.8 Å². The average molecular weight is 377 g/mol. The van der Waals surface area contributed by atoms with E-state index < -0.39 is 16.0 Å². The summed E-state index contributed by atoms with van der Waals surface area (Å²) >= 11 is 1.27. The molecule has 0 amide bonds. The van der Waals surface area contributed by atoms with Crippen LogP contribution in [0.15, 0.2) is 46.2 Å². The zero-order chi connectivity index (χ0) is 18.2. The molecular formula is C17H15NO5S2. The van der Waals surface area contributed by atoms with Crippen molar-refractivity contribution in [2.24, 2.45) is 0 Å². The van der Waals surface area contributed by atoms with Gasteiger partial charge in [-0.05, 0) is 48.4 Å². The molecule has 0 fully saturated rings. The van der Waals surface area contributed by atoms with Crippen molar-refractivity contribution in [2.75, 3.05) is 11.0 Å². The number of sulfonamides is 1. The molecule has 0 aromatic heterocycles. The molecule has 2 aromatic rings. The molecule has 1 aliphatic carbocycles. The lowest BCUT2D eigenvalue weighted by Crippen LogP contribution is -2.11. The first-order valence-electron chi connectivity index (χ1n) is 7.42. The Morgan fingerprint density at radius 1 is 1.16 bits per heavy atom. The fourth-order valence-corrected chi connectivity index (χ4v) is 4.19. The number of benzene rings is 2. The molecular weight excluding hydrogens is 362 g/mol. The molecule has 2 aromatic carbocycles. The van der Waals surface area contributed by atoms with Gasteiger partial charge < -0.3 is 5.11 Å². The summed E-state index contributed by atoms with van der Waals surface area (Å²) in [7, 11) is -3.47. The van der Waals surface area contributed by atoms with E-state index in [1.165, 1.54) is 23.9 Å². The van der Waals surface area contributed by atoms with E-state index in [0.29, 0.717) is 29.0 Å². The summed E-state index contributed by atoms with van der Waals surface area (Å²) in [4.78, 5) is 24.2. The lowest BCUT2D eigenvalue weighted by molar-refractivity contribution is 0.0696. The summed E-state index contributed by atoms with van der Waals surface area (Å²) in [5.41, 5.74) is 2.04. The Morgan fingerprint density at radius 2 is 1.84 bits per heavy atom. The second kappa shape index (κ2) is 6.53. The van der Waals surface area contributed by atoms with Crippen LogP contribution in [0.3, 0.4) is 0 Å². The summed E-state index contributed by atoms with van der Waals surface area (Å²) in [5, 5.41) is 8.95. The molecule has 0 saturated carbocycles. The van der Waals surface area contributed by atoms with E-state index in [-0.39, 0.29) is 11.3 Å². The number of aryl methyl sites for hydroxylation is 1. The molecule has 0 atom stereocenters. The second-order valence-corrected chi connectivity index (χ2v) is 8.60. The molecule has 0 heterocycles. The highest BCUT2D eigenvalue weighted by Crippen LogP contribution is 2.38. The van der Waals surface area contributed by atoms with E-state index in [2.05, 4.69) is 4.72 Å². The number of fused-ring (bicyclic) bond motifs is 1. The quantitative estimate of drug-likeness (QED) is 0.831. The van der Waals surface area contributed by atoms with E-state index in [1.807, 2.05) is 0 Å². The number of hydrogen-bond donors (Lipinski definition) is 2. The molecule has 3 rings (SSSR count). The first kappa shape index (κ1) is 17.5. The lowest BCUT2D eigenvalue weighted by Gasteiger charge is -2.13. The molecule has 1 aliphatic rings. The number of ketones is 1. The maximum absolute atomic E-state index is 12.0. The molecule has 6 nitrogen and oxygen atoms in total. The maximum Gasteiger partial charge on any atom is 0.335 e. The van der Waals surface area contributed by atoms with Crippen LogP contribution in [0.1, 0.15) is 32.7 Å². The largest absolute Gasteiger partial charge is 0.478 e. The first-order valence-corrected chi connectivity index (χ1v) is 10.1. The van der Waals surface area contributed by atoms with Crippen LogP contribution in [0.4, 0.5) is 5.69 Å². The van der Waals surface area contributed by atoms with Crippen molar-refractivity contribution in [2.45, 2.75) is 22.6 Å². The zero-order valence-corrected chi connectivity index (χ0v) is 14.9. The molecule has 0 saturated heterocycles. The molecule has 0 spiro atoms. The number of carbonyl (C=O) groups is 2. The number of hydrogen-bond acceptors (Lipinski definition) is 5. The van der Waals surface area contributed by atoms with Crippen LogP contribution in [0.2, 0.25) is 0 Å². The van der Waals surface area contributed by atoms with Gasteiger partial charge in [-0.25, -0.2) is 13.2 Å². The van der Waals surface area contributed by atoms with Crippen molar-refractivity contribution in [1.82, 2.24) is 0 Å². The van der Waals surface area contributed by atoms with Crippen molar-refractivity contribution in [3.05, 3.63) is 53.1 Å². The Labute approximate surface area is 149 Å². The third-order valence-electron chi connectivity index (χ3n) is 3.75. The predicted octanol–water partition coefficient (Wildman–Crippen LogP) is 3.04. The predicted molar refractivity (Wildman–Crippen MR) is 95.1 cm³/mol. The van der Waals surface area contributed by atoms with Crippen molar-refractivity contribution < 1.29 is 23.1 Å². The van der Waals surface area contributed by atoms with E-state index >= 15 is 0 Å². The smallest absolute Gasteiger partial charge is 0.335 e. The van der Waals surface area contributed by atoms with Crippen molar-refractivity contribution in [3.63, 3.8) is 0 Å². The molecule has 8 heteroatoms. The molecule has 130 valence electrons. The second-order valence-electron chi connectivity index (χ2n) is 5.73. The van der Waals surface area contributed by atoms with Gasteiger partial charge in [-0.15, -0.1) is 0 Å². The number of aromatic carboxylic acids is 1. The maximum atomic E-state index is 12.0. The lowest BCUT2D eigenvalue weighted by atomic mass is 10.1. The highest BCUT2D eigenvalue weighted by atomic mass is 32.2. The van der Waals surface area contributed by atoms with Gasteiger partial charge in [0.05, 0.1) is 17.5 Å². The van der Waals surface area contributed by atoms with Gasteiger partial charge in [0.15, 0.2) is 5.78 Å². The Bertz CT molecular complexity index is 965. The number of carboxylic acids is 1. The summed E-state index contributed by atoms with van der Waals surface area (Å²) in [6.45, 7) is 0. The SMILES string of the molecule is CS(=O)(=O)Nc1cc2c(cc1Sc1ccc(C(=O)O)cc1)C(=O)CC2. The van der Waals surface area contributed by atoms with E-state index in [4.69, 9.17) is 5.11 Å². The van der Waals surface area contributed by atoms with E-state index in [0.717, 1.165) is 16.7 Å². The minimum Gasteiger partial charge on any atom is -0.478 e. The van der Waals surface area contributed by atoms with Gasteiger partial charge in [0.25, 0.3) is 0 Å². The molecule has 0 bridgehead atoms. The minimum absolute atomic E-state index is 0.0454. The Hall–Kier alpha value is -2.32. The van der Waals surface area contributed by atoms with Crippen LogP contribution in [-0.4, -0.2) is 31.5 Å². The van der Waals surface area contributed by atoms with Crippen molar-refractivity contribution in [3.8, 4) is 0 Å². The number of rotatable bonds is 5. The van der Waals surface area contributed by atoms with Gasteiger partial charge in [0.1, 0.15) is 0 Å². The van der Waals surface area contributed by atoms with Crippen LogP contribution < -0.4 is 4.72 Å². The monoisotopic (exact) mass is 377 g/mol. The van der Waals surface area contributed by atoms with Crippen LogP contribution in [-0.2, 0) is 16.4 Å². The van der Waals surface area contributed by atoms with Crippen LogP contribution in [0.5, 0.6) is 0 Å². The molecule has 0 unspecified atom stereocenters. The van der Waals surface area contributed by atoms with Crippen molar-refractivity contribution in [1.29, 1.82) is 0 Å². The van der Waals surface area contributed by atoms with Gasteiger partial charge in [-0.2, -0.15) is 0 Å². The van der Waals surface area contributed by atoms with Crippen LogP contribution >= 0.6 is 11.8 Å². The van der Waals surface area contributed by atoms with Crippen LogP contribution in [0, 0.1) is 0 Å². The summed E-state index contributed by atoms with van der Waals surface area (Å²) in [6.07, 6.45) is 2.10. The topological polar surface area (TPSA) is 101 Å².